The predicted molar refractivity (Wildman–Crippen MR) is 160 cm³/mol. The molecule has 0 N–H and O–H groups in total. The van der Waals surface area contributed by atoms with Crippen molar-refractivity contribution in [2.45, 2.75) is 32.7 Å². The zero-order valence-corrected chi connectivity index (χ0v) is 24.2. The lowest BCUT2D eigenvalue weighted by atomic mass is 9.83. The highest BCUT2D eigenvalue weighted by atomic mass is 16.5. The molecule has 0 bridgehead atoms. The van der Waals surface area contributed by atoms with Gasteiger partial charge in [0, 0.05) is 50.8 Å². The summed E-state index contributed by atoms with van der Waals surface area (Å²) in [5.41, 5.74) is 2.88. The third-order valence-electron chi connectivity index (χ3n) is 7.83. The molecule has 0 saturated carbocycles. The number of carbonyl (C=O) groups excluding carboxylic acids is 3. The van der Waals surface area contributed by atoms with Crippen molar-refractivity contribution in [1.82, 2.24) is 14.7 Å². The zero-order valence-electron chi connectivity index (χ0n) is 24.2. The fourth-order valence-corrected chi connectivity index (χ4v) is 5.61. The molecule has 1 atom stereocenters. The van der Waals surface area contributed by atoms with Crippen LogP contribution in [0.25, 0.3) is 0 Å². The van der Waals surface area contributed by atoms with Gasteiger partial charge in [-0.2, -0.15) is 0 Å². The summed E-state index contributed by atoms with van der Waals surface area (Å²) in [6.45, 7) is 7.15. The maximum atomic E-state index is 13.5. The first-order chi connectivity index (χ1) is 20.4. The first-order valence-electron chi connectivity index (χ1n) is 14.5. The van der Waals surface area contributed by atoms with Gasteiger partial charge in [-0.3, -0.25) is 14.5 Å². The summed E-state index contributed by atoms with van der Waals surface area (Å²) in [4.78, 5) is 45.7. The number of rotatable bonds is 9. The first kappa shape index (κ1) is 29.1. The van der Waals surface area contributed by atoms with Crippen molar-refractivity contribution in [1.29, 1.82) is 0 Å². The molecule has 8 heteroatoms. The first-order valence-corrected chi connectivity index (χ1v) is 14.5. The molecule has 2 aliphatic rings. The van der Waals surface area contributed by atoms with Crippen molar-refractivity contribution in [2.75, 3.05) is 39.3 Å². The van der Waals surface area contributed by atoms with Gasteiger partial charge in [0.1, 0.15) is 18.0 Å². The Bertz CT molecular complexity index is 1430. The van der Waals surface area contributed by atoms with E-state index in [1.54, 1.807) is 13.8 Å². The van der Waals surface area contributed by atoms with Crippen LogP contribution in [0.5, 0.6) is 11.5 Å². The van der Waals surface area contributed by atoms with Crippen molar-refractivity contribution < 1.29 is 23.9 Å². The van der Waals surface area contributed by atoms with Gasteiger partial charge in [0.25, 0.3) is 0 Å². The Balaban J connectivity index is 1.31. The monoisotopic (exact) mass is 567 g/mol. The van der Waals surface area contributed by atoms with E-state index in [-0.39, 0.29) is 31.4 Å². The molecule has 2 heterocycles. The minimum atomic E-state index is -0.510. The molecule has 3 aromatic rings. The Morgan fingerprint density at radius 2 is 1.52 bits per heavy atom. The van der Waals surface area contributed by atoms with Crippen molar-refractivity contribution in [3.8, 4) is 11.5 Å². The molecule has 1 fully saturated rings. The van der Waals surface area contributed by atoms with Crippen LogP contribution < -0.4 is 4.74 Å². The summed E-state index contributed by atoms with van der Waals surface area (Å²) in [5, 5.41) is 0. The highest BCUT2D eigenvalue weighted by molar-refractivity contribution is 5.97. The number of allylic oxidation sites excluding steroid dienone is 1. The molecule has 2 aliphatic heterocycles. The Kier molecular flexibility index (Phi) is 9.34. The van der Waals surface area contributed by atoms with E-state index in [2.05, 4.69) is 17.0 Å². The van der Waals surface area contributed by atoms with Gasteiger partial charge in [0.2, 0.25) is 11.8 Å². The summed E-state index contributed by atoms with van der Waals surface area (Å²) in [5.74, 6) is -0.0103. The Hall–Kier alpha value is -4.43. The lowest BCUT2D eigenvalue weighted by Crippen LogP contribution is -2.52. The van der Waals surface area contributed by atoms with Crippen LogP contribution in [-0.2, 0) is 25.7 Å². The molecule has 5 rings (SSSR count). The van der Waals surface area contributed by atoms with Crippen molar-refractivity contribution >= 4 is 17.8 Å². The van der Waals surface area contributed by atoms with E-state index in [9.17, 15) is 14.4 Å². The number of para-hydroxylation sites is 1. The van der Waals surface area contributed by atoms with Gasteiger partial charge in [0.15, 0.2) is 0 Å². The third kappa shape index (κ3) is 6.89. The second kappa shape index (κ2) is 13.5. The minimum absolute atomic E-state index is 0.0540. The van der Waals surface area contributed by atoms with Gasteiger partial charge in [-0.15, -0.1) is 0 Å². The van der Waals surface area contributed by atoms with E-state index in [0.29, 0.717) is 35.9 Å². The van der Waals surface area contributed by atoms with E-state index in [0.717, 1.165) is 25.2 Å². The highest BCUT2D eigenvalue weighted by Crippen LogP contribution is 2.38. The Labute approximate surface area is 247 Å². The standard InChI is InChI=1S/C34H37N3O5/c1-3-41-34(40)33-25(2)37(24-32(39)36-19-17-35(18-20-36)23-26-11-6-4-7-12-26)31(38)22-30(33)27-13-10-16-29(21-27)42-28-14-8-5-9-15-28/h4-16,21,30H,3,17-20,22-24H2,1-2H3. The van der Waals surface area contributed by atoms with Crippen molar-refractivity contribution in [3.05, 3.63) is 107 Å². The van der Waals surface area contributed by atoms with Gasteiger partial charge in [0.05, 0.1) is 12.2 Å². The maximum absolute atomic E-state index is 13.5. The van der Waals surface area contributed by atoms with Crippen LogP contribution in [0.3, 0.4) is 0 Å². The van der Waals surface area contributed by atoms with E-state index in [1.807, 2.05) is 77.7 Å². The number of ether oxygens (including phenoxy) is 2. The van der Waals surface area contributed by atoms with E-state index in [1.165, 1.54) is 10.5 Å². The number of piperazine rings is 1. The number of amides is 2. The van der Waals surface area contributed by atoms with E-state index >= 15 is 0 Å². The van der Waals surface area contributed by atoms with E-state index < -0.39 is 11.9 Å². The van der Waals surface area contributed by atoms with Crippen LogP contribution in [-0.4, -0.2) is 71.8 Å². The molecule has 0 radical (unpaired) electrons. The number of hydrogen-bond acceptors (Lipinski definition) is 6. The molecule has 1 unspecified atom stereocenters. The molecule has 8 nitrogen and oxygen atoms in total. The second-order valence-electron chi connectivity index (χ2n) is 10.6. The molecule has 0 spiro atoms. The quantitative estimate of drug-likeness (QED) is 0.340. The second-order valence-corrected chi connectivity index (χ2v) is 10.6. The molecular formula is C34H37N3O5. The number of carbonyl (C=O) groups is 3. The van der Waals surface area contributed by atoms with Gasteiger partial charge >= 0.3 is 5.97 Å². The number of hydrogen-bond donors (Lipinski definition) is 0. The minimum Gasteiger partial charge on any atom is -0.463 e. The van der Waals surface area contributed by atoms with Gasteiger partial charge < -0.3 is 19.3 Å². The Morgan fingerprint density at radius 1 is 0.857 bits per heavy atom. The van der Waals surface area contributed by atoms with Crippen LogP contribution in [0, 0.1) is 0 Å². The molecule has 0 aliphatic carbocycles. The SMILES string of the molecule is CCOC(=O)C1=C(C)N(CC(=O)N2CCN(Cc3ccccc3)CC2)C(=O)CC1c1cccc(Oc2ccccc2)c1. The molecule has 218 valence electrons. The summed E-state index contributed by atoms with van der Waals surface area (Å²) in [7, 11) is 0. The molecule has 42 heavy (non-hydrogen) atoms. The summed E-state index contributed by atoms with van der Waals surface area (Å²) in [6, 6.07) is 27.1. The summed E-state index contributed by atoms with van der Waals surface area (Å²) >= 11 is 0. The predicted octanol–water partition coefficient (Wildman–Crippen LogP) is 4.98. The molecular weight excluding hydrogens is 530 g/mol. The lowest BCUT2D eigenvalue weighted by molar-refractivity contribution is -0.143. The van der Waals surface area contributed by atoms with Crippen LogP contribution in [0.15, 0.2) is 96.2 Å². The molecule has 1 saturated heterocycles. The smallest absolute Gasteiger partial charge is 0.336 e. The average Bonchev–Trinajstić information content (AvgIpc) is 3.00. The summed E-state index contributed by atoms with van der Waals surface area (Å²) in [6.07, 6.45) is 0.0540. The van der Waals surface area contributed by atoms with Crippen LogP contribution in [0.1, 0.15) is 37.3 Å². The molecule has 2 amide bonds. The van der Waals surface area contributed by atoms with Gasteiger partial charge in [-0.05, 0) is 49.2 Å². The maximum Gasteiger partial charge on any atom is 0.336 e. The molecule has 3 aromatic carbocycles. The largest absolute Gasteiger partial charge is 0.463 e. The zero-order chi connectivity index (χ0) is 29.5. The number of benzene rings is 3. The summed E-state index contributed by atoms with van der Waals surface area (Å²) < 4.78 is 11.4. The topological polar surface area (TPSA) is 79.4 Å². The van der Waals surface area contributed by atoms with E-state index in [4.69, 9.17) is 9.47 Å². The fourth-order valence-electron chi connectivity index (χ4n) is 5.61. The highest BCUT2D eigenvalue weighted by Gasteiger charge is 2.38. The normalized spacial score (nSPS) is 17.8. The van der Waals surface area contributed by atoms with Crippen molar-refractivity contribution in [2.24, 2.45) is 0 Å². The van der Waals surface area contributed by atoms with Gasteiger partial charge in [-0.25, -0.2) is 4.79 Å². The van der Waals surface area contributed by atoms with Gasteiger partial charge in [-0.1, -0.05) is 60.7 Å². The number of esters is 1. The van der Waals surface area contributed by atoms with Crippen LogP contribution >= 0.6 is 0 Å². The van der Waals surface area contributed by atoms with Crippen LogP contribution in [0.4, 0.5) is 0 Å². The number of nitrogens with zero attached hydrogens (tertiary/aromatic N) is 3. The van der Waals surface area contributed by atoms with Crippen LogP contribution in [0.2, 0.25) is 0 Å². The fraction of sp³-hybridized carbons (Fsp3) is 0.324. The third-order valence-corrected chi connectivity index (χ3v) is 7.83. The van der Waals surface area contributed by atoms with Crippen molar-refractivity contribution in [3.63, 3.8) is 0 Å². The average molecular weight is 568 g/mol. The molecule has 0 aromatic heterocycles. The lowest BCUT2D eigenvalue weighted by Gasteiger charge is -2.38. The Morgan fingerprint density at radius 3 is 2.21 bits per heavy atom.